The van der Waals surface area contributed by atoms with Crippen LogP contribution in [-0.4, -0.2) is 47.6 Å². The molecule has 0 aliphatic rings. The van der Waals surface area contributed by atoms with Crippen molar-refractivity contribution in [2.75, 3.05) is 32.1 Å². The summed E-state index contributed by atoms with van der Waals surface area (Å²) in [6.45, 7) is 9.22. The molecule has 2 N–H and O–H groups in total. The van der Waals surface area contributed by atoms with Gasteiger partial charge in [-0.15, -0.1) is 0 Å². The van der Waals surface area contributed by atoms with Crippen molar-refractivity contribution in [1.29, 1.82) is 0 Å². The number of carbonyl (C=O) groups is 1. The van der Waals surface area contributed by atoms with Crippen molar-refractivity contribution in [3.63, 3.8) is 0 Å². The van der Waals surface area contributed by atoms with E-state index < -0.39 is 0 Å². The number of aliphatic hydroxyl groups is 1. The number of aromatic nitrogens is 1. The molecule has 0 saturated heterocycles. The van der Waals surface area contributed by atoms with E-state index in [1.165, 1.54) is 4.90 Å². The summed E-state index contributed by atoms with van der Waals surface area (Å²) in [4.78, 5) is 18.4. The summed E-state index contributed by atoms with van der Waals surface area (Å²) in [7, 11) is 1.68. The van der Waals surface area contributed by atoms with E-state index in [4.69, 9.17) is 5.11 Å². The summed E-state index contributed by atoms with van der Waals surface area (Å²) in [6, 6.07) is 3.59. The van der Waals surface area contributed by atoms with Gasteiger partial charge in [-0.25, -0.2) is 4.98 Å². The van der Waals surface area contributed by atoms with Crippen LogP contribution < -0.4 is 5.32 Å². The van der Waals surface area contributed by atoms with Crippen LogP contribution in [0.4, 0.5) is 5.82 Å². The molecule has 0 aromatic carbocycles. The molecule has 20 heavy (non-hydrogen) atoms. The van der Waals surface area contributed by atoms with Gasteiger partial charge in [0.25, 0.3) is 5.91 Å². The number of anilines is 1. The van der Waals surface area contributed by atoms with E-state index >= 15 is 0 Å². The molecule has 5 nitrogen and oxygen atoms in total. The Hall–Kier alpha value is -1.62. The fourth-order valence-corrected chi connectivity index (χ4v) is 1.78. The Bertz CT molecular complexity index is 467. The van der Waals surface area contributed by atoms with Crippen molar-refractivity contribution >= 4 is 11.7 Å². The van der Waals surface area contributed by atoms with Crippen molar-refractivity contribution in [1.82, 2.24) is 9.88 Å². The molecule has 0 saturated carbocycles. The lowest BCUT2D eigenvalue weighted by molar-refractivity contribution is 0.0766. The van der Waals surface area contributed by atoms with Gasteiger partial charge in [-0.3, -0.25) is 4.79 Å². The monoisotopic (exact) mass is 279 g/mol. The fraction of sp³-hybridized carbons (Fsp3) is 0.600. The highest BCUT2D eigenvalue weighted by molar-refractivity contribution is 5.95. The van der Waals surface area contributed by atoms with Gasteiger partial charge >= 0.3 is 0 Å². The lowest BCUT2D eigenvalue weighted by Gasteiger charge is -2.22. The highest BCUT2D eigenvalue weighted by atomic mass is 16.3. The number of pyridine rings is 1. The van der Waals surface area contributed by atoms with Crippen molar-refractivity contribution in [3.8, 4) is 0 Å². The van der Waals surface area contributed by atoms with Crippen LogP contribution in [0, 0.1) is 0 Å². The van der Waals surface area contributed by atoms with Crippen LogP contribution in [0.3, 0.4) is 0 Å². The second-order valence-corrected chi connectivity index (χ2v) is 5.86. The number of likely N-dealkylation sites (N-methyl/N-ethyl adjacent to an activating group) is 1. The molecule has 1 rings (SSSR count). The SMILES string of the molecule is CCNc1cc(C(=O)N(C)CCO)cc(C(C)(C)C)n1. The van der Waals surface area contributed by atoms with Gasteiger partial charge in [0.2, 0.25) is 0 Å². The van der Waals surface area contributed by atoms with Crippen LogP contribution in [0.1, 0.15) is 43.7 Å². The summed E-state index contributed by atoms with van der Waals surface area (Å²) < 4.78 is 0. The average molecular weight is 279 g/mol. The molecule has 0 aliphatic heterocycles. The molecule has 1 aromatic heterocycles. The van der Waals surface area contributed by atoms with Gasteiger partial charge in [-0.1, -0.05) is 20.8 Å². The van der Waals surface area contributed by atoms with E-state index in [1.807, 2.05) is 13.0 Å². The smallest absolute Gasteiger partial charge is 0.253 e. The van der Waals surface area contributed by atoms with Crippen LogP contribution in [-0.2, 0) is 5.41 Å². The second-order valence-electron chi connectivity index (χ2n) is 5.86. The number of nitrogens with one attached hydrogen (secondary N) is 1. The first-order chi connectivity index (χ1) is 9.29. The Kier molecular flexibility index (Phi) is 5.51. The van der Waals surface area contributed by atoms with E-state index in [9.17, 15) is 4.79 Å². The first kappa shape index (κ1) is 16.4. The maximum absolute atomic E-state index is 12.3. The van der Waals surface area contributed by atoms with E-state index in [-0.39, 0.29) is 17.9 Å². The van der Waals surface area contributed by atoms with Gasteiger partial charge in [-0.05, 0) is 19.1 Å². The molecule has 0 radical (unpaired) electrons. The summed E-state index contributed by atoms with van der Waals surface area (Å²) in [6.07, 6.45) is 0. The van der Waals surface area contributed by atoms with E-state index in [0.717, 1.165) is 12.2 Å². The van der Waals surface area contributed by atoms with Crippen molar-refractivity contribution in [3.05, 3.63) is 23.4 Å². The number of carbonyl (C=O) groups excluding carboxylic acids is 1. The van der Waals surface area contributed by atoms with Crippen molar-refractivity contribution in [2.45, 2.75) is 33.1 Å². The number of amides is 1. The molecule has 0 unspecified atom stereocenters. The third kappa shape index (κ3) is 4.20. The molecule has 0 bridgehead atoms. The van der Waals surface area contributed by atoms with Crippen LogP contribution in [0.25, 0.3) is 0 Å². The first-order valence-corrected chi connectivity index (χ1v) is 6.92. The van der Waals surface area contributed by atoms with Crippen LogP contribution in [0.5, 0.6) is 0 Å². The molecule has 112 valence electrons. The molecule has 5 heteroatoms. The molecular weight excluding hydrogens is 254 g/mol. The van der Waals surface area contributed by atoms with Gasteiger partial charge in [0.15, 0.2) is 0 Å². The Labute approximate surface area is 121 Å². The molecule has 0 spiro atoms. The predicted octanol–water partition coefficient (Wildman–Crippen LogP) is 1.88. The van der Waals surface area contributed by atoms with Crippen molar-refractivity contribution < 1.29 is 9.90 Å². The minimum absolute atomic E-state index is 0.0421. The van der Waals surface area contributed by atoms with Gasteiger partial charge in [0.05, 0.1) is 6.61 Å². The summed E-state index contributed by atoms with van der Waals surface area (Å²) in [5.41, 5.74) is 1.34. The lowest BCUT2D eigenvalue weighted by Crippen LogP contribution is -2.30. The zero-order chi connectivity index (χ0) is 15.3. The zero-order valence-electron chi connectivity index (χ0n) is 13.0. The van der Waals surface area contributed by atoms with Crippen LogP contribution in [0.2, 0.25) is 0 Å². The Morgan fingerprint density at radius 3 is 2.55 bits per heavy atom. The van der Waals surface area contributed by atoms with Gasteiger partial charge in [0, 0.05) is 36.8 Å². The number of hydrogen-bond donors (Lipinski definition) is 2. The van der Waals surface area contributed by atoms with E-state index in [0.29, 0.717) is 17.9 Å². The second kappa shape index (κ2) is 6.70. The molecular formula is C15H25N3O2. The highest BCUT2D eigenvalue weighted by Gasteiger charge is 2.20. The number of hydrogen-bond acceptors (Lipinski definition) is 4. The van der Waals surface area contributed by atoms with Crippen LogP contribution >= 0.6 is 0 Å². The molecule has 1 heterocycles. The molecule has 0 atom stereocenters. The van der Waals surface area contributed by atoms with Crippen LogP contribution in [0.15, 0.2) is 12.1 Å². The maximum atomic E-state index is 12.3. The highest BCUT2D eigenvalue weighted by Crippen LogP contribution is 2.23. The largest absolute Gasteiger partial charge is 0.395 e. The first-order valence-electron chi connectivity index (χ1n) is 6.92. The molecule has 1 amide bonds. The summed E-state index contributed by atoms with van der Waals surface area (Å²) in [5, 5.41) is 12.1. The van der Waals surface area contributed by atoms with Gasteiger partial charge in [-0.2, -0.15) is 0 Å². The number of aliphatic hydroxyl groups excluding tert-OH is 1. The average Bonchev–Trinajstić information content (AvgIpc) is 2.37. The van der Waals surface area contributed by atoms with Gasteiger partial charge in [0.1, 0.15) is 5.82 Å². The summed E-state index contributed by atoms with van der Waals surface area (Å²) >= 11 is 0. The van der Waals surface area contributed by atoms with E-state index in [2.05, 4.69) is 31.1 Å². The quantitative estimate of drug-likeness (QED) is 0.863. The number of rotatable bonds is 5. The molecule has 0 aliphatic carbocycles. The Balaban J connectivity index is 3.18. The van der Waals surface area contributed by atoms with E-state index in [1.54, 1.807) is 13.1 Å². The Morgan fingerprint density at radius 2 is 2.05 bits per heavy atom. The normalized spacial score (nSPS) is 11.3. The molecule has 0 fully saturated rings. The topological polar surface area (TPSA) is 65.5 Å². The third-order valence-electron chi connectivity index (χ3n) is 2.98. The van der Waals surface area contributed by atoms with Crippen molar-refractivity contribution in [2.24, 2.45) is 0 Å². The third-order valence-corrected chi connectivity index (χ3v) is 2.98. The number of nitrogens with zero attached hydrogens (tertiary/aromatic N) is 2. The maximum Gasteiger partial charge on any atom is 0.253 e. The predicted molar refractivity (Wildman–Crippen MR) is 81.1 cm³/mol. The zero-order valence-corrected chi connectivity index (χ0v) is 13.0. The minimum atomic E-state index is -0.129. The lowest BCUT2D eigenvalue weighted by atomic mass is 9.90. The Morgan fingerprint density at radius 1 is 1.40 bits per heavy atom. The fourth-order valence-electron chi connectivity index (χ4n) is 1.78. The minimum Gasteiger partial charge on any atom is -0.395 e. The summed E-state index contributed by atoms with van der Waals surface area (Å²) in [5.74, 6) is 0.603. The molecule has 1 aromatic rings. The standard InChI is InChI=1S/C15H25N3O2/c1-6-16-13-10-11(14(20)18(5)7-8-19)9-12(17-13)15(2,3)4/h9-10,19H,6-8H2,1-5H3,(H,16,17). The van der Waals surface area contributed by atoms with Gasteiger partial charge < -0.3 is 15.3 Å².